The van der Waals surface area contributed by atoms with Gasteiger partial charge in [-0.15, -0.1) is 0 Å². The molecule has 1 aromatic carbocycles. The molecule has 108 valence electrons. The molecule has 0 heterocycles. The van der Waals surface area contributed by atoms with Gasteiger partial charge in [-0.25, -0.2) is 0 Å². The summed E-state index contributed by atoms with van der Waals surface area (Å²) in [4.78, 5) is 12.3. The van der Waals surface area contributed by atoms with E-state index in [-0.39, 0.29) is 10.6 Å². The van der Waals surface area contributed by atoms with Gasteiger partial charge in [0.25, 0.3) is 5.69 Å². The summed E-state index contributed by atoms with van der Waals surface area (Å²) >= 11 is 0. The van der Waals surface area contributed by atoms with Gasteiger partial charge < -0.3 is 4.90 Å². The Morgan fingerprint density at radius 2 is 1.68 bits per heavy atom. The van der Waals surface area contributed by atoms with Gasteiger partial charge in [0.2, 0.25) is 0 Å². The second-order valence-corrected chi connectivity index (χ2v) is 5.20. The minimum atomic E-state index is -0.368. The first-order valence-corrected chi connectivity index (χ1v) is 6.78. The number of rotatable bonds is 5. The van der Waals surface area contributed by atoms with Crippen molar-refractivity contribution in [1.29, 1.82) is 0 Å². The van der Waals surface area contributed by atoms with Crippen molar-refractivity contribution in [3.05, 3.63) is 39.9 Å². The van der Waals surface area contributed by atoms with Gasteiger partial charge in [-0.1, -0.05) is 39.3 Å². The first kappa shape index (κ1) is 17.6. The van der Waals surface area contributed by atoms with Gasteiger partial charge in [0.05, 0.1) is 4.92 Å². The number of nitro benzene ring substituents is 1. The normalized spacial score (nSPS) is 11.7. The molecular formula is C15H26N2O2. The third-order valence-corrected chi connectivity index (χ3v) is 2.41. The standard InChI is InChI=1S/C12H18N2O2.C3H8/c1-10(9-13(2)3)8-11-4-6-12(7-5-11)14(15)16;1-3-2/h4-7,10H,8-9H2,1-3H3;3H2,1-2H3/t10-;/m0./s1. The lowest BCUT2D eigenvalue weighted by Crippen LogP contribution is -2.21. The third kappa shape index (κ3) is 8.32. The summed E-state index contributed by atoms with van der Waals surface area (Å²) in [7, 11) is 4.10. The van der Waals surface area contributed by atoms with E-state index in [9.17, 15) is 10.1 Å². The van der Waals surface area contributed by atoms with Crippen molar-refractivity contribution in [3.8, 4) is 0 Å². The Bertz CT molecular complexity index is 361. The molecule has 0 unspecified atom stereocenters. The fraction of sp³-hybridized carbons (Fsp3) is 0.600. The molecule has 0 aliphatic rings. The summed E-state index contributed by atoms with van der Waals surface area (Å²) < 4.78 is 0. The van der Waals surface area contributed by atoms with Crippen molar-refractivity contribution in [2.24, 2.45) is 5.92 Å². The Hall–Kier alpha value is -1.42. The van der Waals surface area contributed by atoms with Crippen molar-refractivity contribution in [1.82, 2.24) is 4.90 Å². The van der Waals surface area contributed by atoms with Crippen molar-refractivity contribution in [2.75, 3.05) is 20.6 Å². The average molecular weight is 266 g/mol. The monoisotopic (exact) mass is 266 g/mol. The van der Waals surface area contributed by atoms with Gasteiger partial charge in [0.1, 0.15) is 0 Å². The predicted octanol–water partition coefficient (Wildman–Crippen LogP) is 3.75. The maximum Gasteiger partial charge on any atom is 0.269 e. The number of nitrogens with zero attached hydrogens (tertiary/aromatic N) is 2. The highest BCUT2D eigenvalue weighted by atomic mass is 16.6. The maximum absolute atomic E-state index is 10.5. The summed E-state index contributed by atoms with van der Waals surface area (Å²) in [6.07, 6.45) is 2.20. The van der Waals surface area contributed by atoms with Gasteiger partial charge in [-0.3, -0.25) is 10.1 Å². The first-order valence-electron chi connectivity index (χ1n) is 6.78. The van der Waals surface area contributed by atoms with E-state index in [0.29, 0.717) is 5.92 Å². The highest BCUT2D eigenvalue weighted by molar-refractivity contribution is 5.32. The Balaban J connectivity index is 0.000000982. The second kappa shape index (κ2) is 9.50. The van der Waals surface area contributed by atoms with Crippen LogP contribution in [0, 0.1) is 16.0 Å². The van der Waals surface area contributed by atoms with Crippen LogP contribution in [0.25, 0.3) is 0 Å². The van der Waals surface area contributed by atoms with Crippen LogP contribution in [0.3, 0.4) is 0 Å². The van der Waals surface area contributed by atoms with E-state index in [2.05, 4.69) is 25.7 Å². The average Bonchev–Trinajstić information content (AvgIpc) is 2.29. The molecule has 4 heteroatoms. The lowest BCUT2D eigenvalue weighted by molar-refractivity contribution is -0.384. The van der Waals surface area contributed by atoms with Gasteiger partial charge >= 0.3 is 0 Å². The van der Waals surface area contributed by atoms with Crippen molar-refractivity contribution in [3.63, 3.8) is 0 Å². The smallest absolute Gasteiger partial charge is 0.269 e. The molecule has 1 rings (SSSR count). The fourth-order valence-electron chi connectivity index (χ4n) is 1.84. The lowest BCUT2D eigenvalue weighted by atomic mass is 10.0. The van der Waals surface area contributed by atoms with Crippen LogP contribution in [-0.4, -0.2) is 30.5 Å². The number of hydrogen-bond donors (Lipinski definition) is 0. The summed E-state index contributed by atoms with van der Waals surface area (Å²) in [5, 5.41) is 10.5. The van der Waals surface area contributed by atoms with E-state index >= 15 is 0 Å². The summed E-state index contributed by atoms with van der Waals surface area (Å²) in [5.41, 5.74) is 1.31. The molecule has 0 saturated heterocycles. The topological polar surface area (TPSA) is 46.4 Å². The molecule has 1 atom stereocenters. The predicted molar refractivity (Wildman–Crippen MR) is 80.5 cm³/mol. The zero-order chi connectivity index (χ0) is 14.8. The highest BCUT2D eigenvalue weighted by Gasteiger charge is 2.07. The number of nitro groups is 1. The molecule has 0 aliphatic heterocycles. The van der Waals surface area contributed by atoms with Crippen molar-refractivity contribution >= 4 is 5.69 Å². The number of benzene rings is 1. The highest BCUT2D eigenvalue weighted by Crippen LogP contribution is 2.15. The molecule has 0 bridgehead atoms. The molecule has 0 saturated carbocycles. The van der Waals surface area contributed by atoms with Crippen LogP contribution in [0.1, 0.15) is 32.8 Å². The third-order valence-electron chi connectivity index (χ3n) is 2.41. The number of non-ortho nitro benzene ring substituents is 1. The minimum Gasteiger partial charge on any atom is -0.309 e. The van der Waals surface area contributed by atoms with Gasteiger partial charge in [0.15, 0.2) is 0 Å². The quantitative estimate of drug-likeness (QED) is 0.602. The maximum atomic E-state index is 10.5. The van der Waals surface area contributed by atoms with Crippen molar-refractivity contribution < 1.29 is 4.92 Å². The SMILES string of the molecule is CCC.C[C@@H](Cc1ccc([N+](=O)[O-])cc1)CN(C)C. The van der Waals surface area contributed by atoms with Crippen LogP contribution < -0.4 is 0 Å². The van der Waals surface area contributed by atoms with Crippen LogP contribution >= 0.6 is 0 Å². The minimum absolute atomic E-state index is 0.156. The lowest BCUT2D eigenvalue weighted by Gasteiger charge is -2.16. The van der Waals surface area contributed by atoms with Crippen LogP contribution in [0.4, 0.5) is 5.69 Å². The Morgan fingerprint density at radius 1 is 1.21 bits per heavy atom. The van der Waals surface area contributed by atoms with Crippen LogP contribution in [0.2, 0.25) is 0 Å². The van der Waals surface area contributed by atoms with Crippen LogP contribution in [-0.2, 0) is 6.42 Å². The van der Waals surface area contributed by atoms with Gasteiger partial charge in [-0.05, 0) is 32.0 Å². The molecule has 0 N–H and O–H groups in total. The summed E-state index contributed by atoms with van der Waals surface area (Å²) in [6.45, 7) is 7.46. The zero-order valence-corrected chi connectivity index (χ0v) is 12.7. The van der Waals surface area contributed by atoms with Gasteiger partial charge in [-0.2, -0.15) is 0 Å². The molecule has 0 radical (unpaired) electrons. The van der Waals surface area contributed by atoms with E-state index < -0.39 is 0 Å². The molecular weight excluding hydrogens is 240 g/mol. The zero-order valence-electron chi connectivity index (χ0n) is 12.7. The molecule has 0 aromatic heterocycles. The molecule has 0 spiro atoms. The van der Waals surface area contributed by atoms with Crippen molar-refractivity contribution in [2.45, 2.75) is 33.6 Å². The largest absolute Gasteiger partial charge is 0.309 e. The number of hydrogen-bond acceptors (Lipinski definition) is 3. The Morgan fingerprint density at radius 3 is 2.05 bits per heavy atom. The Labute approximate surface area is 116 Å². The van der Waals surface area contributed by atoms with E-state index in [4.69, 9.17) is 0 Å². The molecule has 0 aliphatic carbocycles. The van der Waals surface area contributed by atoms with E-state index in [0.717, 1.165) is 18.5 Å². The summed E-state index contributed by atoms with van der Waals surface area (Å²) in [6, 6.07) is 6.81. The Kier molecular flexibility index (Phi) is 8.79. The fourth-order valence-corrected chi connectivity index (χ4v) is 1.84. The first-order chi connectivity index (χ1) is 8.90. The summed E-state index contributed by atoms with van der Waals surface area (Å²) in [5.74, 6) is 0.552. The van der Waals surface area contributed by atoms with E-state index in [1.54, 1.807) is 12.1 Å². The molecule has 19 heavy (non-hydrogen) atoms. The molecule has 1 aromatic rings. The van der Waals surface area contributed by atoms with Crippen LogP contribution in [0.15, 0.2) is 24.3 Å². The van der Waals surface area contributed by atoms with Crippen LogP contribution in [0.5, 0.6) is 0 Å². The molecule has 0 amide bonds. The molecule has 4 nitrogen and oxygen atoms in total. The van der Waals surface area contributed by atoms with E-state index in [1.165, 1.54) is 6.42 Å². The second-order valence-electron chi connectivity index (χ2n) is 5.20. The molecule has 0 fully saturated rings. The van der Waals surface area contributed by atoms with E-state index in [1.807, 2.05) is 26.2 Å². The van der Waals surface area contributed by atoms with Gasteiger partial charge in [0, 0.05) is 18.7 Å².